The van der Waals surface area contributed by atoms with Crippen molar-refractivity contribution < 1.29 is 5.11 Å². The van der Waals surface area contributed by atoms with E-state index < -0.39 is 0 Å². The lowest BCUT2D eigenvalue weighted by molar-refractivity contribution is 0.187. The van der Waals surface area contributed by atoms with Crippen molar-refractivity contribution in [2.24, 2.45) is 11.1 Å². The van der Waals surface area contributed by atoms with E-state index >= 15 is 0 Å². The standard InChI is InChI=1S/C17H27NO/c1-11-8-13(16(3,4)5)9-12(2)14(11)15(18)17(10-19)6-7-17/h8-9,15,19H,6-7,10,18H2,1-5H3. The maximum atomic E-state index is 9.57. The van der Waals surface area contributed by atoms with E-state index in [1.54, 1.807) is 0 Å². The summed E-state index contributed by atoms with van der Waals surface area (Å²) in [5.41, 5.74) is 11.7. The third-order valence-electron chi connectivity index (χ3n) is 4.64. The van der Waals surface area contributed by atoms with Crippen LogP contribution in [0, 0.1) is 19.3 Å². The van der Waals surface area contributed by atoms with Crippen molar-refractivity contribution >= 4 is 0 Å². The minimum absolute atomic E-state index is 0.0356. The average molecular weight is 261 g/mol. The van der Waals surface area contributed by atoms with E-state index in [4.69, 9.17) is 5.73 Å². The van der Waals surface area contributed by atoms with Crippen LogP contribution in [0.25, 0.3) is 0 Å². The summed E-state index contributed by atoms with van der Waals surface area (Å²) in [4.78, 5) is 0. The molecular formula is C17H27NO. The van der Waals surface area contributed by atoms with Crippen molar-refractivity contribution in [1.82, 2.24) is 0 Å². The fourth-order valence-corrected chi connectivity index (χ4v) is 2.93. The number of aliphatic hydroxyl groups is 1. The maximum Gasteiger partial charge on any atom is 0.0505 e. The summed E-state index contributed by atoms with van der Waals surface area (Å²) in [6.45, 7) is 11.2. The van der Waals surface area contributed by atoms with Crippen LogP contribution >= 0.6 is 0 Å². The number of hydrogen-bond acceptors (Lipinski definition) is 2. The van der Waals surface area contributed by atoms with Crippen molar-refractivity contribution in [1.29, 1.82) is 0 Å². The molecule has 0 bridgehead atoms. The Labute approximate surface area is 117 Å². The molecule has 1 aliphatic rings. The van der Waals surface area contributed by atoms with Gasteiger partial charge in [0.25, 0.3) is 0 Å². The van der Waals surface area contributed by atoms with Crippen molar-refractivity contribution in [3.8, 4) is 0 Å². The van der Waals surface area contributed by atoms with E-state index in [1.807, 2.05) is 0 Å². The summed E-state index contributed by atoms with van der Waals surface area (Å²) < 4.78 is 0. The number of nitrogens with two attached hydrogens (primary N) is 1. The third-order valence-corrected chi connectivity index (χ3v) is 4.64. The molecule has 1 saturated carbocycles. The molecule has 1 aromatic rings. The molecule has 0 radical (unpaired) electrons. The molecule has 0 amide bonds. The zero-order valence-corrected chi connectivity index (χ0v) is 12.9. The van der Waals surface area contributed by atoms with Gasteiger partial charge in [0.2, 0.25) is 0 Å². The zero-order chi connectivity index (χ0) is 14.4. The summed E-state index contributed by atoms with van der Waals surface area (Å²) in [5, 5.41) is 9.57. The number of aliphatic hydroxyl groups excluding tert-OH is 1. The van der Waals surface area contributed by atoms with Crippen LogP contribution in [0.2, 0.25) is 0 Å². The second-order valence-electron chi connectivity index (χ2n) is 7.27. The lowest BCUT2D eigenvalue weighted by Gasteiger charge is -2.28. The van der Waals surface area contributed by atoms with E-state index in [0.717, 1.165) is 12.8 Å². The molecule has 0 aliphatic heterocycles. The fraction of sp³-hybridized carbons (Fsp3) is 0.647. The summed E-state index contributed by atoms with van der Waals surface area (Å²) in [7, 11) is 0. The topological polar surface area (TPSA) is 46.2 Å². The Balaban J connectivity index is 2.43. The molecule has 1 atom stereocenters. The predicted molar refractivity (Wildman–Crippen MR) is 80.3 cm³/mol. The van der Waals surface area contributed by atoms with Gasteiger partial charge in [0.15, 0.2) is 0 Å². The highest BCUT2D eigenvalue weighted by Crippen LogP contribution is 2.54. The van der Waals surface area contributed by atoms with Crippen LogP contribution in [-0.4, -0.2) is 11.7 Å². The van der Waals surface area contributed by atoms with Crippen molar-refractivity contribution in [3.63, 3.8) is 0 Å². The Morgan fingerprint density at radius 3 is 2.00 bits per heavy atom. The lowest BCUT2D eigenvalue weighted by atomic mass is 9.80. The minimum atomic E-state index is -0.0568. The zero-order valence-electron chi connectivity index (χ0n) is 12.9. The van der Waals surface area contributed by atoms with Gasteiger partial charge < -0.3 is 10.8 Å². The van der Waals surface area contributed by atoms with Crippen LogP contribution in [0.4, 0.5) is 0 Å². The first-order valence-electron chi connectivity index (χ1n) is 7.19. The van der Waals surface area contributed by atoms with Gasteiger partial charge in [-0.05, 0) is 54.4 Å². The minimum Gasteiger partial charge on any atom is -0.396 e. The van der Waals surface area contributed by atoms with Gasteiger partial charge in [-0.3, -0.25) is 0 Å². The molecule has 19 heavy (non-hydrogen) atoms. The summed E-state index contributed by atoms with van der Waals surface area (Å²) in [6.07, 6.45) is 2.09. The van der Waals surface area contributed by atoms with Gasteiger partial charge in [-0.1, -0.05) is 32.9 Å². The molecule has 0 heterocycles. The van der Waals surface area contributed by atoms with Crippen molar-refractivity contribution in [2.75, 3.05) is 6.61 Å². The molecule has 2 nitrogen and oxygen atoms in total. The van der Waals surface area contributed by atoms with E-state index in [-0.39, 0.29) is 23.5 Å². The second kappa shape index (κ2) is 4.60. The lowest BCUT2D eigenvalue weighted by Crippen LogP contribution is -2.27. The maximum absolute atomic E-state index is 9.57. The first-order valence-corrected chi connectivity index (χ1v) is 7.19. The Hall–Kier alpha value is -0.860. The third kappa shape index (κ3) is 2.56. The molecule has 1 unspecified atom stereocenters. The van der Waals surface area contributed by atoms with Crippen molar-refractivity contribution in [2.45, 2.75) is 58.9 Å². The number of hydrogen-bond donors (Lipinski definition) is 2. The normalized spacial score (nSPS) is 19.3. The van der Waals surface area contributed by atoms with Crippen molar-refractivity contribution in [3.05, 3.63) is 34.4 Å². The van der Waals surface area contributed by atoms with E-state index in [2.05, 4.69) is 46.8 Å². The van der Waals surface area contributed by atoms with Gasteiger partial charge in [-0.2, -0.15) is 0 Å². The van der Waals surface area contributed by atoms with Crippen LogP contribution in [-0.2, 0) is 5.41 Å². The molecule has 106 valence electrons. The average Bonchev–Trinajstić information content (AvgIpc) is 3.07. The molecule has 1 aromatic carbocycles. The molecule has 1 aliphatic carbocycles. The van der Waals surface area contributed by atoms with Crippen LogP contribution in [0.1, 0.15) is 61.9 Å². The number of rotatable bonds is 3. The Morgan fingerprint density at radius 1 is 1.21 bits per heavy atom. The quantitative estimate of drug-likeness (QED) is 0.876. The molecule has 3 N–H and O–H groups in total. The summed E-state index contributed by atoms with van der Waals surface area (Å²) >= 11 is 0. The highest BCUT2D eigenvalue weighted by atomic mass is 16.3. The van der Waals surface area contributed by atoms with Crippen LogP contribution < -0.4 is 5.73 Å². The van der Waals surface area contributed by atoms with Gasteiger partial charge in [-0.15, -0.1) is 0 Å². The number of aryl methyl sites for hydroxylation is 2. The predicted octanol–water partition coefficient (Wildman–Crippen LogP) is 3.37. The monoisotopic (exact) mass is 261 g/mol. The molecule has 2 rings (SSSR count). The summed E-state index contributed by atoms with van der Waals surface area (Å²) in [5.74, 6) is 0. The Bertz CT molecular complexity index is 458. The molecule has 0 spiro atoms. The molecule has 0 saturated heterocycles. The van der Waals surface area contributed by atoms with Gasteiger partial charge in [0.1, 0.15) is 0 Å². The van der Waals surface area contributed by atoms with E-state index in [0.29, 0.717) is 0 Å². The fourth-order valence-electron chi connectivity index (χ4n) is 2.93. The number of benzene rings is 1. The Kier molecular flexibility index (Phi) is 3.53. The molecule has 2 heteroatoms. The Morgan fingerprint density at radius 2 is 1.68 bits per heavy atom. The highest BCUT2D eigenvalue weighted by molar-refractivity contribution is 5.43. The van der Waals surface area contributed by atoms with E-state index in [9.17, 15) is 5.11 Å². The molecule has 1 fully saturated rings. The van der Waals surface area contributed by atoms with Gasteiger partial charge in [-0.25, -0.2) is 0 Å². The smallest absolute Gasteiger partial charge is 0.0505 e. The first-order chi connectivity index (χ1) is 8.71. The largest absolute Gasteiger partial charge is 0.396 e. The molecular weight excluding hydrogens is 234 g/mol. The van der Waals surface area contributed by atoms with Crippen LogP contribution in [0.5, 0.6) is 0 Å². The molecule has 0 aromatic heterocycles. The van der Waals surface area contributed by atoms with Gasteiger partial charge in [0.05, 0.1) is 6.61 Å². The van der Waals surface area contributed by atoms with E-state index in [1.165, 1.54) is 22.3 Å². The SMILES string of the molecule is Cc1cc(C(C)(C)C)cc(C)c1C(N)C1(CO)CC1. The highest BCUT2D eigenvalue weighted by Gasteiger charge is 2.48. The first kappa shape index (κ1) is 14.5. The van der Waals surface area contributed by atoms with Crippen LogP contribution in [0.15, 0.2) is 12.1 Å². The van der Waals surface area contributed by atoms with Gasteiger partial charge >= 0.3 is 0 Å². The van der Waals surface area contributed by atoms with Crippen LogP contribution in [0.3, 0.4) is 0 Å². The summed E-state index contributed by atoms with van der Waals surface area (Å²) in [6, 6.07) is 4.48. The van der Waals surface area contributed by atoms with Gasteiger partial charge in [0, 0.05) is 11.5 Å². The second-order valence-corrected chi connectivity index (χ2v) is 7.27.